The van der Waals surface area contributed by atoms with Gasteiger partial charge in [-0.05, 0) is 24.1 Å². The summed E-state index contributed by atoms with van der Waals surface area (Å²) in [6, 6.07) is 3.91. The lowest BCUT2D eigenvalue weighted by Crippen LogP contribution is -2.28. The molecule has 0 aromatic heterocycles. The van der Waals surface area contributed by atoms with E-state index in [0.29, 0.717) is 12.0 Å². The molecule has 0 bridgehead atoms. The van der Waals surface area contributed by atoms with Crippen molar-refractivity contribution < 1.29 is 13.2 Å². The van der Waals surface area contributed by atoms with Crippen LogP contribution in [0.1, 0.15) is 36.9 Å². The van der Waals surface area contributed by atoms with Crippen molar-refractivity contribution in [3.63, 3.8) is 0 Å². The lowest BCUT2D eigenvalue weighted by Gasteiger charge is -2.18. The Hall–Kier alpha value is -0.590. The van der Waals surface area contributed by atoms with Gasteiger partial charge in [0.05, 0.1) is 5.56 Å². The third-order valence-corrected chi connectivity index (χ3v) is 3.17. The first-order valence-electron chi connectivity index (χ1n) is 5.23. The summed E-state index contributed by atoms with van der Waals surface area (Å²) in [5, 5.41) is 0. The summed E-state index contributed by atoms with van der Waals surface area (Å²) >= 11 is 2.90. The predicted octanol–water partition coefficient (Wildman–Crippen LogP) is 3.77. The van der Waals surface area contributed by atoms with Gasteiger partial charge >= 0.3 is 6.18 Å². The van der Waals surface area contributed by atoms with Crippen LogP contribution >= 0.6 is 15.9 Å². The van der Waals surface area contributed by atoms with Crippen molar-refractivity contribution >= 4 is 15.9 Å². The van der Waals surface area contributed by atoms with E-state index in [1.807, 2.05) is 6.92 Å². The van der Waals surface area contributed by atoms with Crippen molar-refractivity contribution in [1.29, 1.82) is 0 Å². The minimum atomic E-state index is -4.36. The molecule has 3 N–H and O–H groups in total. The second kappa shape index (κ2) is 5.84. The van der Waals surface area contributed by atoms with Crippen LogP contribution in [0.15, 0.2) is 22.7 Å². The standard InChI is InChI=1S/C11H14BrF3N2/c1-2-3-10(17-16)7-4-5-9(12)8(6-7)11(13,14)15/h4-6,10,17H,2-3,16H2,1H3. The zero-order valence-electron chi connectivity index (χ0n) is 9.31. The van der Waals surface area contributed by atoms with Crippen molar-refractivity contribution in [2.75, 3.05) is 0 Å². The number of hydrogen-bond acceptors (Lipinski definition) is 2. The molecule has 1 aromatic rings. The van der Waals surface area contributed by atoms with Gasteiger partial charge in [0.1, 0.15) is 0 Å². The highest BCUT2D eigenvalue weighted by atomic mass is 79.9. The minimum Gasteiger partial charge on any atom is -0.271 e. The Labute approximate surface area is 106 Å². The molecule has 0 aliphatic rings. The van der Waals surface area contributed by atoms with E-state index in [1.165, 1.54) is 6.07 Å². The molecule has 1 aromatic carbocycles. The van der Waals surface area contributed by atoms with E-state index in [2.05, 4.69) is 21.4 Å². The third-order valence-electron chi connectivity index (χ3n) is 2.48. The van der Waals surface area contributed by atoms with Crippen LogP contribution < -0.4 is 11.3 Å². The maximum absolute atomic E-state index is 12.7. The monoisotopic (exact) mass is 310 g/mol. The summed E-state index contributed by atoms with van der Waals surface area (Å²) in [6.45, 7) is 1.95. The van der Waals surface area contributed by atoms with E-state index >= 15 is 0 Å². The fraction of sp³-hybridized carbons (Fsp3) is 0.455. The van der Waals surface area contributed by atoms with Crippen molar-refractivity contribution in [2.45, 2.75) is 32.0 Å². The smallest absolute Gasteiger partial charge is 0.271 e. The fourth-order valence-corrected chi connectivity index (χ4v) is 2.08. The molecular weight excluding hydrogens is 297 g/mol. The Morgan fingerprint density at radius 1 is 1.41 bits per heavy atom. The summed E-state index contributed by atoms with van der Waals surface area (Å²) in [5.74, 6) is 5.35. The number of nitrogens with two attached hydrogens (primary N) is 1. The summed E-state index contributed by atoms with van der Waals surface area (Å²) in [4.78, 5) is 0. The van der Waals surface area contributed by atoms with Gasteiger partial charge < -0.3 is 0 Å². The molecule has 0 radical (unpaired) electrons. The zero-order valence-corrected chi connectivity index (χ0v) is 10.9. The molecule has 1 unspecified atom stereocenters. The van der Waals surface area contributed by atoms with Gasteiger partial charge in [-0.3, -0.25) is 11.3 Å². The van der Waals surface area contributed by atoms with Crippen molar-refractivity contribution in [1.82, 2.24) is 5.43 Å². The van der Waals surface area contributed by atoms with Crippen LogP contribution in [-0.2, 0) is 6.18 Å². The van der Waals surface area contributed by atoms with E-state index in [0.717, 1.165) is 12.5 Å². The summed E-state index contributed by atoms with van der Waals surface area (Å²) in [7, 11) is 0. The van der Waals surface area contributed by atoms with E-state index in [4.69, 9.17) is 5.84 Å². The number of halogens is 4. The summed E-state index contributed by atoms with van der Waals surface area (Å²) in [6.07, 6.45) is -2.83. The molecule has 2 nitrogen and oxygen atoms in total. The van der Waals surface area contributed by atoms with Gasteiger partial charge in [0, 0.05) is 10.5 Å². The fourth-order valence-electron chi connectivity index (χ4n) is 1.61. The number of hydrazine groups is 1. The molecule has 0 heterocycles. The highest BCUT2D eigenvalue weighted by molar-refractivity contribution is 9.10. The SMILES string of the molecule is CCCC(NN)c1ccc(Br)c(C(F)(F)F)c1. The zero-order chi connectivity index (χ0) is 13.1. The minimum absolute atomic E-state index is 0.0426. The van der Waals surface area contributed by atoms with Gasteiger partial charge in [-0.2, -0.15) is 13.2 Å². The lowest BCUT2D eigenvalue weighted by atomic mass is 10.0. The Kier molecular flexibility index (Phi) is 4.97. The Morgan fingerprint density at radius 2 is 2.06 bits per heavy atom. The molecule has 0 saturated heterocycles. The summed E-state index contributed by atoms with van der Waals surface area (Å²) < 4.78 is 38.1. The first kappa shape index (κ1) is 14.5. The van der Waals surface area contributed by atoms with Gasteiger partial charge in [0.15, 0.2) is 0 Å². The molecule has 0 spiro atoms. The van der Waals surface area contributed by atoms with Crippen LogP contribution in [0, 0.1) is 0 Å². The maximum atomic E-state index is 12.7. The molecular formula is C11H14BrF3N2. The molecule has 0 fully saturated rings. The van der Waals surface area contributed by atoms with E-state index < -0.39 is 11.7 Å². The molecule has 96 valence electrons. The molecule has 0 aliphatic heterocycles. The van der Waals surface area contributed by atoms with Crippen LogP contribution in [0.5, 0.6) is 0 Å². The molecule has 6 heteroatoms. The van der Waals surface area contributed by atoms with Gasteiger partial charge in [0.2, 0.25) is 0 Å². The largest absolute Gasteiger partial charge is 0.417 e. The third kappa shape index (κ3) is 3.69. The Morgan fingerprint density at radius 3 is 2.53 bits per heavy atom. The van der Waals surface area contributed by atoms with Crippen LogP contribution in [-0.4, -0.2) is 0 Å². The number of alkyl halides is 3. The lowest BCUT2D eigenvalue weighted by molar-refractivity contribution is -0.138. The van der Waals surface area contributed by atoms with Gasteiger partial charge in [-0.25, -0.2) is 0 Å². The van der Waals surface area contributed by atoms with Crippen molar-refractivity contribution in [3.05, 3.63) is 33.8 Å². The Bertz CT molecular complexity index is 379. The van der Waals surface area contributed by atoms with Crippen LogP contribution in [0.2, 0.25) is 0 Å². The highest BCUT2D eigenvalue weighted by Crippen LogP contribution is 2.36. The normalized spacial score (nSPS) is 13.8. The molecule has 0 amide bonds. The average Bonchev–Trinajstić information content (AvgIpc) is 2.25. The molecule has 0 saturated carbocycles. The Balaban J connectivity index is 3.11. The van der Waals surface area contributed by atoms with Gasteiger partial charge in [-0.15, -0.1) is 0 Å². The topological polar surface area (TPSA) is 38.0 Å². The first-order valence-corrected chi connectivity index (χ1v) is 6.02. The number of rotatable bonds is 4. The number of hydrogen-bond donors (Lipinski definition) is 2. The van der Waals surface area contributed by atoms with Gasteiger partial charge in [0.25, 0.3) is 0 Å². The van der Waals surface area contributed by atoms with Crippen LogP contribution in [0.3, 0.4) is 0 Å². The molecule has 17 heavy (non-hydrogen) atoms. The number of benzene rings is 1. The van der Waals surface area contributed by atoms with Crippen molar-refractivity contribution in [2.24, 2.45) is 5.84 Å². The van der Waals surface area contributed by atoms with Gasteiger partial charge in [-0.1, -0.05) is 35.3 Å². The van der Waals surface area contributed by atoms with E-state index in [1.54, 1.807) is 6.07 Å². The number of nitrogens with one attached hydrogen (secondary N) is 1. The van der Waals surface area contributed by atoms with Crippen LogP contribution in [0.25, 0.3) is 0 Å². The van der Waals surface area contributed by atoms with Crippen LogP contribution in [0.4, 0.5) is 13.2 Å². The highest BCUT2D eigenvalue weighted by Gasteiger charge is 2.33. The first-order chi connectivity index (χ1) is 7.90. The quantitative estimate of drug-likeness (QED) is 0.656. The average molecular weight is 311 g/mol. The molecule has 1 rings (SSSR count). The second-order valence-corrected chi connectivity index (χ2v) is 4.60. The van der Waals surface area contributed by atoms with E-state index in [-0.39, 0.29) is 10.5 Å². The maximum Gasteiger partial charge on any atom is 0.417 e. The van der Waals surface area contributed by atoms with E-state index in [9.17, 15) is 13.2 Å². The molecule has 1 atom stereocenters. The summed E-state index contributed by atoms with van der Waals surface area (Å²) in [5.41, 5.74) is 2.41. The second-order valence-electron chi connectivity index (χ2n) is 3.74. The predicted molar refractivity (Wildman–Crippen MR) is 64.1 cm³/mol. The molecule has 0 aliphatic carbocycles. The van der Waals surface area contributed by atoms with Crippen molar-refractivity contribution in [3.8, 4) is 0 Å².